The number of aromatic nitrogens is 2. The van der Waals surface area contributed by atoms with Crippen LogP contribution in [0.5, 0.6) is 0 Å². The summed E-state index contributed by atoms with van der Waals surface area (Å²) >= 11 is 0. The monoisotopic (exact) mass is 233 g/mol. The maximum absolute atomic E-state index is 13.9. The predicted octanol–water partition coefficient (Wildman–Crippen LogP) is 2.68. The molecule has 0 aliphatic carbocycles. The van der Waals surface area contributed by atoms with Gasteiger partial charge in [-0.05, 0) is 31.2 Å². The summed E-state index contributed by atoms with van der Waals surface area (Å²) in [6.07, 6.45) is 3.40. The maximum atomic E-state index is 13.9. The average Bonchev–Trinajstić information content (AvgIpc) is 2.82. The van der Waals surface area contributed by atoms with Crippen LogP contribution in [-0.2, 0) is 0 Å². The number of nitrogens with zero attached hydrogens (tertiary/aromatic N) is 2. The van der Waals surface area contributed by atoms with Crippen molar-refractivity contribution in [1.82, 2.24) is 15.1 Å². The molecule has 0 saturated carbocycles. The second kappa shape index (κ2) is 5.10. The van der Waals surface area contributed by atoms with Crippen molar-refractivity contribution < 1.29 is 4.39 Å². The smallest absolute Gasteiger partial charge is 0.149 e. The van der Waals surface area contributed by atoms with Crippen molar-refractivity contribution in [3.8, 4) is 5.69 Å². The molecule has 0 aliphatic heterocycles. The normalized spacial score (nSPS) is 12.6. The van der Waals surface area contributed by atoms with Gasteiger partial charge in [0.25, 0.3) is 0 Å². The quantitative estimate of drug-likeness (QED) is 0.880. The number of halogens is 1. The lowest BCUT2D eigenvalue weighted by atomic mass is 10.1. The molecule has 1 N–H and O–H groups in total. The average molecular weight is 233 g/mol. The lowest BCUT2D eigenvalue weighted by molar-refractivity contribution is 0.569. The largest absolute Gasteiger partial charge is 0.310 e. The van der Waals surface area contributed by atoms with Gasteiger partial charge >= 0.3 is 0 Å². The molecule has 90 valence electrons. The molecule has 0 spiro atoms. The molecule has 0 aliphatic rings. The molecule has 4 heteroatoms. The highest BCUT2D eigenvalue weighted by Gasteiger charge is 2.15. The van der Waals surface area contributed by atoms with E-state index in [1.807, 2.05) is 19.9 Å². The van der Waals surface area contributed by atoms with Crippen molar-refractivity contribution in [2.45, 2.75) is 19.9 Å². The Morgan fingerprint density at radius 1 is 1.41 bits per heavy atom. The van der Waals surface area contributed by atoms with Crippen LogP contribution in [0.2, 0.25) is 0 Å². The number of para-hydroxylation sites is 1. The molecule has 0 amide bonds. The molecule has 1 atom stereocenters. The van der Waals surface area contributed by atoms with E-state index in [0.717, 1.165) is 12.1 Å². The predicted molar refractivity (Wildman–Crippen MR) is 65.6 cm³/mol. The number of hydrogen-bond donors (Lipinski definition) is 1. The Morgan fingerprint density at radius 2 is 2.24 bits per heavy atom. The highest BCUT2D eigenvalue weighted by molar-refractivity contribution is 5.43. The highest BCUT2D eigenvalue weighted by Crippen LogP contribution is 2.23. The lowest BCUT2D eigenvalue weighted by Gasteiger charge is -2.17. The summed E-state index contributed by atoms with van der Waals surface area (Å²) in [5, 5.41) is 7.38. The van der Waals surface area contributed by atoms with Gasteiger partial charge in [0.15, 0.2) is 0 Å². The number of hydrogen-bond acceptors (Lipinski definition) is 2. The van der Waals surface area contributed by atoms with E-state index >= 15 is 0 Å². The molecule has 1 unspecified atom stereocenters. The topological polar surface area (TPSA) is 29.9 Å². The number of rotatable bonds is 4. The Kier molecular flexibility index (Phi) is 3.54. The zero-order valence-electron chi connectivity index (χ0n) is 10.0. The van der Waals surface area contributed by atoms with Crippen LogP contribution in [0.1, 0.15) is 25.5 Å². The van der Waals surface area contributed by atoms with Crippen molar-refractivity contribution in [1.29, 1.82) is 0 Å². The molecule has 0 saturated heterocycles. The fraction of sp³-hybridized carbons (Fsp3) is 0.308. The van der Waals surface area contributed by atoms with Gasteiger partial charge in [0.1, 0.15) is 11.5 Å². The van der Waals surface area contributed by atoms with Crippen LogP contribution in [0.15, 0.2) is 36.7 Å². The van der Waals surface area contributed by atoms with Gasteiger partial charge in [-0.2, -0.15) is 5.10 Å². The minimum absolute atomic E-state index is 0.0925. The molecule has 0 radical (unpaired) electrons. The standard InChI is InChI=1S/C13H16FN3/c1-3-15-10(2)11-6-4-7-12(14)13(11)17-9-5-8-16-17/h4-10,15H,3H2,1-2H3. The van der Waals surface area contributed by atoms with Crippen LogP contribution in [0, 0.1) is 5.82 Å². The summed E-state index contributed by atoms with van der Waals surface area (Å²) in [4.78, 5) is 0. The van der Waals surface area contributed by atoms with Crippen LogP contribution in [0.3, 0.4) is 0 Å². The first-order valence-electron chi connectivity index (χ1n) is 5.76. The molecule has 2 rings (SSSR count). The van der Waals surface area contributed by atoms with Crippen LogP contribution in [-0.4, -0.2) is 16.3 Å². The van der Waals surface area contributed by atoms with E-state index in [0.29, 0.717) is 5.69 Å². The second-order valence-corrected chi connectivity index (χ2v) is 3.91. The van der Waals surface area contributed by atoms with Gasteiger partial charge in [-0.15, -0.1) is 0 Å². The third-order valence-corrected chi connectivity index (χ3v) is 2.73. The maximum Gasteiger partial charge on any atom is 0.149 e. The van der Waals surface area contributed by atoms with Crippen LogP contribution in [0.25, 0.3) is 5.69 Å². The van der Waals surface area contributed by atoms with Crippen molar-refractivity contribution in [2.75, 3.05) is 6.54 Å². The van der Waals surface area contributed by atoms with Crippen LogP contribution in [0.4, 0.5) is 4.39 Å². The minimum atomic E-state index is -0.254. The van der Waals surface area contributed by atoms with E-state index in [1.54, 1.807) is 29.2 Å². The van der Waals surface area contributed by atoms with E-state index in [2.05, 4.69) is 10.4 Å². The molecule has 0 fully saturated rings. The fourth-order valence-electron chi connectivity index (χ4n) is 1.94. The summed E-state index contributed by atoms with van der Waals surface area (Å²) < 4.78 is 15.5. The molecule has 0 bridgehead atoms. The Hall–Kier alpha value is -1.68. The SMILES string of the molecule is CCNC(C)c1cccc(F)c1-n1cccn1. The summed E-state index contributed by atoms with van der Waals surface area (Å²) in [6.45, 7) is 4.89. The van der Waals surface area contributed by atoms with Crippen molar-refractivity contribution in [3.63, 3.8) is 0 Å². The molecule has 2 aromatic rings. The van der Waals surface area contributed by atoms with E-state index in [1.165, 1.54) is 6.07 Å². The van der Waals surface area contributed by atoms with E-state index in [9.17, 15) is 4.39 Å². The van der Waals surface area contributed by atoms with Gasteiger partial charge in [0.2, 0.25) is 0 Å². The third-order valence-electron chi connectivity index (χ3n) is 2.73. The van der Waals surface area contributed by atoms with Gasteiger partial charge in [-0.3, -0.25) is 0 Å². The zero-order valence-corrected chi connectivity index (χ0v) is 10.0. The van der Waals surface area contributed by atoms with Crippen LogP contribution < -0.4 is 5.32 Å². The molecule has 1 aromatic heterocycles. The Morgan fingerprint density at radius 3 is 2.88 bits per heavy atom. The molecular weight excluding hydrogens is 217 g/mol. The Labute approximate surface area is 100 Å². The van der Waals surface area contributed by atoms with Gasteiger partial charge in [0, 0.05) is 18.4 Å². The molecule has 3 nitrogen and oxygen atoms in total. The van der Waals surface area contributed by atoms with Gasteiger partial charge in [-0.1, -0.05) is 19.1 Å². The molecular formula is C13H16FN3. The molecule has 1 heterocycles. The first-order chi connectivity index (χ1) is 8.24. The first kappa shape index (κ1) is 11.8. The van der Waals surface area contributed by atoms with Crippen LogP contribution >= 0.6 is 0 Å². The Bertz CT molecular complexity index is 479. The molecule has 17 heavy (non-hydrogen) atoms. The van der Waals surface area contributed by atoms with Gasteiger partial charge in [-0.25, -0.2) is 9.07 Å². The summed E-state index contributed by atoms with van der Waals surface area (Å²) in [5.41, 5.74) is 1.43. The lowest BCUT2D eigenvalue weighted by Crippen LogP contribution is -2.20. The van der Waals surface area contributed by atoms with Crippen molar-refractivity contribution in [2.24, 2.45) is 0 Å². The zero-order chi connectivity index (χ0) is 12.3. The molecule has 1 aromatic carbocycles. The van der Waals surface area contributed by atoms with Gasteiger partial charge < -0.3 is 5.32 Å². The summed E-state index contributed by atoms with van der Waals surface area (Å²) in [7, 11) is 0. The van der Waals surface area contributed by atoms with E-state index in [-0.39, 0.29) is 11.9 Å². The summed E-state index contributed by atoms with van der Waals surface area (Å²) in [6, 6.07) is 6.99. The first-order valence-corrected chi connectivity index (χ1v) is 5.76. The summed E-state index contributed by atoms with van der Waals surface area (Å²) in [5.74, 6) is -0.254. The highest BCUT2D eigenvalue weighted by atomic mass is 19.1. The second-order valence-electron chi connectivity index (χ2n) is 3.91. The third kappa shape index (κ3) is 2.36. The van der Waals surface area contributed by atoms with Crippen molar-refractivity contribution in [3.05, 3.63) is 48.0 Å². The van der Waals surface area contributed by atoms with E-state index < -0.39 is 0 Å². The fourth-order valence-corrected chi connectivity index (χ4v) is 1.94. The Balaban J connectivity index is 2.49. The van der Waals surface area contributed by atoms with E-state index in [4.69, 9.17) is 0 Å². The number of nitrogens with one attached hydrogen (secondary N) is 1. The van der Waals surface area contributed by atoms with Gasteiger partial charge in [0.05, 0.1) is 0 Å². The number of benzene rings is 1. The van der Waals surface area contributed by atoms with Crippen molar-refractivity contribution >= 4 is 0 Å². The minimum Gasteiger partial charge on any atom is -0.310 e.